The molecule has 1 aliphatic carbocycles. The second-order valence-electron chi connectivity index (χ2n) is 5.65. The number of fused-ring (bicyclic) bond motifs is 3. The number of aromatic amines is 1. The van der Waals surface area contributed by atoms with E-state index in [1.807, 2.05) is 21.1 Å². The number of nitrogens with zero attached hydrogens (tertiary/aromatic N) is 3. The molecule has 1 aliphatic rings. The van der Waals surface area contributed by atoms with E-state index in [1.54, 1.807) is 4.68 Å². The molecule has 2 heterocycles. The molecule has 0 atom stereocenters. The molecule has 5 nitrogen and oxygen atoms in total. The Balaban J connectivity index is 2.32. The molecule has 19 heavy (non-hydrogen) atoms. The minimum absolute atomic E-state index is 0.0709. The van der Waals surface area contributed by atoms with E-state index in [0.717, 1.165) is 42.7 Å². The maximum atomic E-state index is 12.2. The zero-order valence-electron chi connectivity index (χ0n) is 11.8. The van der Waals surface area contributed by atoms with E-state index in [9.17, 15) is 4.79 Å². The molecule has 0 aromatic carbocycles. The molecule has 0 saturated carbocycles. The summed E-state index contributed by atoms with van der Waals surface area (Å²) in [7, 11) is 5.98. The van der Waals surface area contributed by atoms with E-state index in [0.29, 0.717) is 0 Å². The highest BCUT2D eigenvalue weighted by Gasteiger charge is 2.21. The van der Waals surface area contributed by atoms with Gasteiger partial charge in [-0.3, -0.25) is 9.48 Å². The van der Waals surface area contributed by atoms with E-state index >= 15 is 0 Å². The number of nitrogens with one attached hydrogen (secondary N) is 1. The van der Waals surface area contributed by atoms with Crippen LogP contribution < -0.4 is 5.56 Å². The van der Waals surface area contributed by atoms with Crippen LogP contribution in [0.3, 0.4) is 0 Å². The van der Waals surface area contributed by atoms with Crippen molar-refractivity contribution in [1.29, 1.82) is 0 Å². The van der Waals surface area contributed by atoms with Gasteiger partial charge in [0.2, 0.25) is 0 Å². The van der Waals surface area contributed by atoms with E-state index in [1.165, 1.54) is 17.4 Å². The summed E-state index contributed by atoms with van der Waals surface area (Å²) in [6.45, 7) is 0.801. The molecule has 0 fully saturated rings. The molecule has 2 aromatic heterocycles. The third-order valence-corrected chi connectivity index (χ3v) is 3.86. The van der Waals surface area contributed by atoms with Gasteiger partial charge in [0.25, 0.3) is 5.56 Å². The van der Waals surface area contributed by atoms with Gasteiger partial charge in [0, 0.05) is 24.5 Å². The molecule has 0 aliphatic heterocycles. The number of rotatable bonds is 2. The Hall–Kier alpha value is -1.62. The van der Waals surface area contributed by atoms with Crippen LogP contribution in [0.2, 0.25) is 0 Å². The number of hydrogen-bond donors (Lipinski definition) is 1. The van der Waals surface area contributed by atoms with Crippen LogP contribution in [0.1, 0.15) is 29.7 Å². The molecule has 0 spiro atoms. The van der Waals surface area contributed by atoms with Crippen LogP contribution in [0.5, 0.6) is 0 Å². The second kappa shape index (κ2) is 4.49. The van der Waals surface area contributed by atoms with Gasteiger partial charge in [0.1, 0.15) is 5.65 Å². The Morgan fingerprint density at radius 1 is 1.26 bits per heavy atom. The quantitative estimate of drug-likeness (QED) is 0.883. The highest BCUT2D eigenvalue weighted by Crippen LogP contribution is 2.28. The number of H-pyrrole nitrogens is 1. The van der Waals surface area contributed by atoms with Gasteiger partial charge >= 0.3 is 0 Å². The van der Waals surface area contributed by atoms with Crippen molar-refractivity contribution in [3.63, 3.8) is 0 Å². The van der Waals surface area contributed by atoms with Gasteiger partial charge in [-0.15, -0.1) is 0 Å². The third-order valence-electron chi connectivity index (χ3n) is 3.86. The van der Waals surface area contributed by atoms with Crippen LogP contribution >= 0.6 is 0 Å². The normalized spacial score (nSPS) is 15.2. The van der Waals surface area contributed by atoms with Crippen LogP contribution in [-0.2, 0) is 26.4 Å². The van der Waals surface area contributed by atoms with Crippen molar-refractivity contribution in [2.24, 2.45) is 7.05 Å². The number of pyridine rings is 1. The van der Waals surface area contributed by atoms with Crippen LogP contribution in [0.15, 0.2) is 4.79 Å². The lowest BCUT2D eigenvalue weighted by Crippen LogP contribution is -2.20. The van der Waals surface area contributed by atoms with Gasteiger partial charge in [-0.25, -0.2) is 0 Å². The number of aryl methyl sites for hydroxylation is 2. The Morgan fingerprint density at radius 3 is 2.63 bits per heavy atom. The van der Waals surface area contributed by atoms with Gasteiger partial charge in [0.05, 0.1) is 5.69 Å². The summed E-state index contributed by atoms with van der Waals surface area (Å²) in [5.74, 6) is 0. The number of hydrogen-bond acceptors (Lipinski definition) is 3. The summed E-state index contributed by atoms with van der Waals surface area (Å²) in [6.07, 6.45) is 4.19. The average Bonchev–Trinajstić information content (AvgIpc) is 2.66. The fourth-order valence-corrected chi connectivity index (χ4v) is 3.07. The zero-order chi connectivity index (χ0) is 13.6. The Bertz CT molecular complexity index is 681. The summed E-state index contributed by atoms with van der Waals surface area (Å²) >= 11 is 0. The van der Waals surface area contributed by atoms with E-state index in [-0.39, 0.29) is 5.56 Å². The first-order chi connectivity index (χ1) is 9.08. The fraction of sp³-hybridized carbons (Fsp3) is 0.571. The van der Waals surface area contributed by atoms with Crippen LogP contribution in [0, 0.1) is 0 Å². The number of aromatic nitrogens is 3. The summed E-state index contributed by atoms with van der Waals surface area (Å²) in [4.78, 5) is 17.3. The van der Waals surface area contributed by atoms with Crippen LogP contribution in [-0.4, -0.2) is 33.8 Å². The monoisotopic (exact) mass is 260 g/mol. The van der Waals surface area contributed by atoms with E-state index in [4.69, 9.17) is 0 Å². The maximum absolute atomic E-state index is 12.2. The molecular formula is C14H20N4O. The van der Waals surface area contributed by atoms with Crippen molar-refractivity contribution < 1.29 is 0 Å². The summed E-state index contributed by atoms with van der Waals surface area (Å²) in [6, 6.07) is 0. The molecule has 1 N–H and O–H groups in total. The molecule has 0 amide bonds. The average molecular weight is 260 g/mol. The summed E-state index contributed by atoms with van der Waals surface area (Å²) in [5, 5.41) is 5.76. The van der Waals surface area contributed by atoms with Crippen molar-refractivity contribution in [3.8, 4) is 0 Å². The van der Waals surface area contributed by atoms with Gasteiger partial charge < -0.3 is 9.88 Å². The molecule has 3 rings (SSSR count). The van der Waals surface area contributed by atoms with Crippen molar-refractivity contribution in [2.45, 2.75) is 32.2 Å². The maximum Gasteiger partial charge on any atom is 0.253 e. The Labute approximate surface area is 112 Å². The lowest BCUT2D eigenvalue weighted by atomic mass is 9.90. The lowest BCUT2D eigenvalue weighted by Gasteiger charge is -2.16. The molecular weight excluding hydrogens is 240 g/mol. The standard InChI is InChI=1S/C14H20N4O/c1-17(2)8-11-12-9-6-4-5-7-10(9)14(19)15-13(12)18(3)16-11/h4-8H2,1-3H3,(H,15,19). The minimum Gasteiger partial charge on any atom is -0.307 e. The van der Waals surface area contributed by atoms with Gasteiger partial charge in [0.15, 0.2) is 0 Å². The Kier molecular flexibility index (Phi) is 2.93. The largest absolute Gasteiger partial charge is 0.307 e. The van der Waals surface area contributed by atoms with Crippen LogP contribution in [0.25, 0.3) is 11.0 Å². The predicted molar refractivity (Wildman–Crippen MR) is 75.4 cm³/mol. The third kappa shape index (κ3) is 1.98. The first-order valence-corrected chi connectivity index (χ1v) is 6.82. The molecule has 2 aromatic rings. The highest BCUT2D eigenvalue weighted by molar-refractivity contribution is 5.83. The zero-order valence-corrected chi connectivity index (χ0v) is 11.8. The summed E-state index contributed by atoms with van der Waals surface area (Å²) < 4.78 is 1.80. The SMILES string of the molecule is CN(C)Cc1nn(C)c2[nH]c(=O)c3c(c12)CCCC3. The van der Waals surface area contributed by atoms with Crippen molar-refractivity contribution in [3.05, 3.63) is 27.2 Å². The molecule has 0 unspecified atom stereocenters. The van der Waals surface area contributed by atoms with Crippen LogP contribution in [0.4, 0.5) is 0 Å². The first-order valence-electron chi connectivity index (χ1n) is 6.82. The lowest BCUT2D eigenvalue weighted by molar-refractivity contribution is 0.396. The topological polar surface area (TPSA) is 53.9 Å². The van der Waals surface area contributed by atoms with Crippen molar-refractivity contribution in [2.75, 3.05) is 14.1 Å². The molecule has 0 bridgehead atoms. The summed E-state index contributed by atoms with van der Waals surface area (Å²) in [5.41, 5.74) is 4.21. The molecule has 102 valence electrons. The first kappa shape index (κ1) is 12.4. The predicted octanol–water partition coefficient (Wildman–Crippen LogP) is 1.20. The van der Waals surface area contributed by atoms with Crippen molar-refractivity contribution >= 4 is 11.0 Å². The second-order valence-corrected chi connectivity index (χ2v) is 5.65. The van der Waals surface area contributed by atoms with Gasteiger partial charge in [-0.2, -0.15) is 5.10 Å². The smallest absolute Gasteiger partial charge is 0.253 e. The molecule has 0 radical (unpaired) electrons. The molecule has 5 heteroatoms. The van der Waals surface area contributed by atoms with Crippen molar-refractivity contribution in [1.82, 2.24) is 19.7 Å². The molecule has 0 saturated heterocycles. The van der Waals surface area contributed by atoms with E-state index < -0.39 is 0 Å². The Morgan fingerprint density at radius 2 is 1.95 bits per heavy atom. The fourth-order valence-electron chi connectivity index (χ4n) is 3.07. The van der Waals surface area contributed by atoms with Gasteiger partial charge in [-0.05, 0) is 45.3 Å². The van der Waals surface area contributed by atoms with E-state index in [2.05, 4.69) is 15.0 Å². The minimum atomic E-state index is 0.0709. The van der Waals surface area contributed by atoms with Gasteiger partial charge in [-0.1, -0.05) is 0 Å². The highest BCUT2D eigenvalue weighted by atomic mass is 16.1.